The summed E-state index contributed by atoms with van der Waals surface area (Å²) in [5.74, 6) is 0. The van der Waals surface area contributed by atoms with Crippen LogP contribution in [0.25, 0.3) is 10.9 Å². The number of rotatable bonds is 2. The van der Waals surface area contributed by atoms with Crippen molar-refractivity contribution in [2.45, 2.75) is 9.79 Å². The Labute approximate surface area is 134 Å². The molecule has 0 saturated heterocycles. The van der Waals surface area contributed by atoms with Crippen molar-refractivity contribution in [1.29, 1.82) is 0 Å². The van der Waals surface area contributed by atoms with Crippen molar-refractivity contribution in [3.63, 3.8) is 0 Å². The number of sulfone groups is 1. The molecule has 0 aliphatic heterocycles. The van der Waals surface area contributed by atoms with E-state index in [4.69, 9.17) is 11.6 Å². The molecule has 1 aromatic heterocycles. The van der Waals surface area contributed by atoms with Gasteiger partial charge in [-0.2, -0.15) is 0 Å². The summed E-state index contributed by atoms with van der Waals surface area (Å²) >= 11 is 5.91. The van der Waals surface area contributed by atoms with Gasteiger partial charge in [0.05, 0.1) is 25.7 Å². The largest absolute Gasteiger partial charge is 0.421 e. The van der Waals surface area contributed by atoms with Crippen molar-refractivity contribution in [2.24, 2.45) is 0 Å². The first-order chi connectivity index (χ1) is 10.8. The van der Waals surface area contributed by atoms with Crippen molar-refractivity contribution in [3.05, 3.63) is 68.3 Å². The topological polar surface area (TPSA) is 109 Å². The molecule has 0 aliphatic rings. The number of aromatic amines is 1. The molecule has 9 heteroatoms. The van der Waals surface area contributed by atoms with Gasteiger partial charge in [-0.15, -0.1) is 0 Å². The predicted molar refractivity (Wildman–Crippen MR) is 82.9 cm³/mol. The Bertz CT molecular complexity index is 1130. The van der Waals surface area contributed by atoms with Gasteiger partial charge in [0.1, 0.15) is 0 Å². The van der Waals surface area contributed by atoms with Crippen LogP contribution in [0, 0.1) is 0 Å². The van der Waals surface area contributed by atoms with Crippen LogP contribution in [0.1, 0.15) is 0 Å². The third kappa shape index (κ3) is 2.32. The Morgan fingerprint density at radius 1 is 1.04 bits per heavy atom. The summed E-state index contributed by atoms with van der Waals surface area (Å²) < 4.78 is 25.3. The SMILES string of the molecule is O=c1[nH]c2c(S(=O)(=O)c3ccccc3)ccc(Cl)c2c(=O)n1O. The zero-order valence-corrected chi connectivity index (χ0v) is 12.9. The monoisotopic (exact) mass is 352 g/mol. The summed E-state index contributed by atoms with van der Waals surface area (Å²) in [4.78, 5) is 25.5. The third-order valence-electron chi connectivity index (χ3n) is 3.29. The Morgan fingerprint density at radius 3 is 2.35 bits per heavy atom. The minimum atomic E-state index is -3.99. The van der Waals surface area contributed by atoms with E-state index in [2.05, 4.69) is 4.98 Å². The van der Waals surface area contributed by atoms with Crippen LogP contribution in [-0.2, 0) is 9.84 Å². The minimum Gasteiger partial charge on any atom is -0.421 e. The summed E-state index contributed by atoms with van der Waals surface area (Å²) in [6.07, 6.45) is 0. The number of nitrogens with one attached hydrogen (secondary N) is 1. The number of H-pyrrole nitrogens is 1. The molecule has 0 aliphatic carbocycles. The molecule has 0 spiro atoms. The molecule has 3 rings (SSSR count). The van der Waals surface area contributed by atoms with E-state index in [9.17, 15) is 23.2 Å². The average Bonchev–Trinajstić information content (AvgIpc) is 2.53. The number of aromatic nitrogens is 2. The van der Waals surface area contributed by atoms with E-state index in [0.717, 1.165) is 0 Å². The fourth-order valence-electron chi connectivity index (χ4n) is 2.20. The highest BCUT2D eigenvalue weighted by molar-refractivity contribution is 7.91. The molecule has 0 bridgehead atoms. The van der Waals surface area contributed by atoms with Gasteiger partial charge in [-0.1, -0.05) is 34.5 Å². The quantitative estimate of drug-likeness (QED) is 0.678. The first kappa shape index (κ1) is 15.3. The zero-order chi connectivity index (χ0) is 16.8. The standard InChI is InChI=1S/C14H9ClN2O5S/c15-9-6-7-10(23(21,22)8-4-2-1-3-5-8)12-11(9)13(18)17(20)14(19)16-12/h1-7,20H,(H,16,19). The zero-order valence-electron chi connectivity index (χ0n) is 11.4. The molecule has 0 amide bonds. The van der Waals surface area contributed by atoms with Gasteiger partial charge in [-0.25, -0.2) is 13.2 Å². The molecular formula is C14H9ClN2O5S. The van der Waals surface area contributed by atoms with Gasteiger partial charge in [0, 0.05) is 0 Å². The maximum Gasteiger partial charge on any atom is 0.362 e. The van der Waals surface area contributed by atoms with Crippen molar-refractivity contribution in [3.8, 4) is 0 Å². The predicted octanol–water partition coefficient (Wildman–Crippen LogP) is 1.41. The molecule has 3 aromatic rings. The number of hydrogen-bond acceptors (Lipinski definition) is 5. The molecule has 0 saturated carbocycles. The fourth-order valence-corrected chi connectivity index (χ4v) is 3.88. The second-order valence-corrected chi connectivity index (χ2v) is 6.98. The van der Waals surface area contributed by atoms with Gasteiger partial charge >= 0.3 is 5.69 Å². The van der Waals surface area contributed by atoms with Crippen LogP contribution in [0.4, 0.5) is 0 Å². The molecule has 0 unspecified atom stereocenters. The Morgan fingerprint density at radius 2 is 1.70 bits per heavy atom. The highest BCUT2D eigenvalue weighted by Gasteiger charge is 2.23. The summed E-state index contributed by atoms with van der Waals surface area (Å²) in [6, 6.07) is 9.96. The number of nitrogens with zero attached hydrogens (tertiary/aromatic N) is 1. The van der Waals surface area contributed by atoms with Gasteiger partial charge in [-0.3, -0.25) is 4.79 Å². The molecule has 0 fully saturated rings. The van der Waals surface area contributed by atoms with Crippen LogP contribution in [0.5, 0.6) is 0 Å². The molecule has 1 heterocycles. The molecule has 2 N–H and O–H groups in total. The van der Waals surface area contributed by atoms with Crippen molar-refractivity contribution < 1.29 is 13.6 Å². The first-order valence-electron chi connectivity index (χ1n) is 6.31. The maximum absolute atomic E-state index is 12.7. The number of fused-ring (bicyclic) bond motifs is 1. The normalized spacial score (nSPS) is 11.7. The summed E-state index contributed by atoms with van der Waals surface area (Å²) in [5, 5.41) is 9.02. The van der Waals surface area contributed by atoms with E-state index in [0.29, 0.717) is 0 Å². The van der Waals surface area contributed by atoms with Crippen LogP contribution in [0.15, 0.2) is 61.8 Å². The van der Waals surface area contributed by atoms with E-state index in [1.54, 1.807) is 18.2 Å². The van der Waals surface area contributed by atoms with E-state index < -0.39 is 21.1 Å². The molecule has 0 atom stereocenters. The van der Waals surface area contributed by atoms with E-state index in [1.807, 2.05) is 0 Å². The fraction of sp³-hybridized carbons (Fsp3) is 0. The van der Waals surface area contributed by atoms with Crippen LogP contribution in [0.3, 0.4) is 0 Å². The summed E-state index contributed by atoms with van der Waals surface area (Å²) in [5.41, 5.74) is -2.50. The molecule has 2 aromatic carbocycles. The molecular weight excluding hydrogens is 344 g/mol. The maximum atomic E-state index is 12.7. The first-order valence-corrected chi connectivity index (χ1v) is 8.17. The Hall–Kier alpha value is -2.58. The van der Waals surface area contributed by atoms with E-state index in [-0.39, 0.29) is 30.4 Å². The van der Waals surface area contributed by atoms with E-state index in [1.165, 1.54) is 24.3 Å². The van der Waals surface area contributed by atoms with Crippen LogP contribution in [0.2, 0.25) is 5.02 Å². The molecule has 23 heavy (non-hydrogen) atoms. The van der Waals surface area contributed by atoms with Crippen LogP contribution < -0.4 is 11.2 Å². The number of hydrogen-bond donors (Lipinski definition) is 2. The van der Waals surface area contributed by atoms with Crippen LogP contribution in [-0.4, -0.2) is 23.3 Å². The van der Waals surface area contributed by atoms with Gasteiger partial charge in [0.25, 0.3) is 5.56 Å². The molecule has 0 radical (unpaired) electrons. The second kappa shape index (κ2) is 5.25. The average molecular weight is 353 g/mol. The van der Waals surface area contributed by atoms with Crippen molar-refractivity contribution in [2.75, 3.05) is 0 Å². The molecule has 7 nitrogen and oxygen atoms in total. The lowest BCUT2D eigenvalue weighted by Crippen LogP contribution is -2.33. The minimum absolute atomic E-state index is 0.00218. The van der Waals surface area contributed by atoms with Gasteiger partial charge in [0.2, 0.25) is 9.84 Å². The lowest BCUT2D eigenvalue weighted by Gasteiger charge is -2.09. The Balaban J connectivity index is 2.48. The van der Waals surface area contributed by atoms with Gasteiger partial charge in [0.15, 0.2) is 0 Å². The highest BCUT2D eigenvalue weighted by atomic mass is 35.5. The third-order valence-corrected chi connectivity index (χ3v) is 5.42. The number of halogens is 1. The lowest BCUT2D eigenvalue weighted by molar-refractivity contribution is 0.162. The number of benzene rings is 2. The summed E-state index contributed by atoms with van der Waals surface area (Å²) in [6.45, 7) is 0. The van der Waals surface area contributed by atoms with E-state index >= 15 is 0 Å². The highest BCUT2D eigenvalue weighted by Crippen LogP contribution is 2.28. The van der Waals surface area contributed by atoms with Crippen molar-refractivity contribution >= 4 is 32.3 Å². The lowest BCUT2D eigenvalue weighted by atomic mass is 10.2. The molecule has 118 valence electrons. The van der Waals surface area contributed by atoms with Crippen molar-refractivity contribution in [1.82, 2.24) is 9.71 Å². The van der Waals surface area contributed by atoms with Gasteiger partial charge < -0.3 is 10.2 Å². The smallest absolute Gasteiger partial charge is 0.362 e. The Kier molecular flexibility index (Phi) is 3.50. The van der Waals surface area contributed by atoms with Crippen LogP contribution >= 0.6 is 11.6 Å². The summed E-state index contributed by atoms with van der Waals surface area (Å²) in [7, 11) is -3.99. The van der Waals surface area contributed by atoms with Gasteiger partial charge in [-0.05, 0) is 24.3 Å². The second-order valence-electron chi connectivity index (χ2n) is 4.66.